The normalized spacial score (nSPS) is 14.2. The molecular weight excluding hydrogens is 242 g/mol. The Morgan fingerprint density at radius 3 is 2.74 bits per heavy atom. The van der Waals surface area contributed by atoms with Crippen molar-refractivity contribution >= 4 is 5.97 Å². The molecule has 1 N–H and O–H groups in total. The lowest BCUT2D eigenvalue weighted by atomic mass is 10.0. The van der Waals surface area contributed by atoms with Gasteiger partial charge in [0.05, 0.1) is 13.7 Å². The van der Waals surface area contributed by atoms with Crippen molar-refractivity contribution in [3.8, 4) is 0 Å². The predicted molar refractivity (Wildman–Crippen MR) is 75.2 cm³/mol. The standard InChI is InChI=1S/C15H25NO3/c1-6-10(2)7-11(3)16-9-13-8-14(12(4)19-13)15(17)18-5/h8,10-11,16H,6-7,9H2,1-5H3. The zero-order valence-electron chi connectivity index (χ0n) is 12.6. The molecule has 0 aromatic carbocycles. The molecule has 0 aliphatic carbocycles. The van der Waals surface area contributed by atoms with Gasteiger partial charge in [0.15, 0.2) is 0 Å². The van der Waals surface area contributed by atoms with E-state index in [9.17, 15) is 4.79 Å². The van der Waals surface area contributed by atoms with E-state index in [1.54, 1.807) is 13.0 Å². The second kappa shape index (κ2) is 7.34. The van der Waals surface area contributed by atoms with E-state index in [1.165, 1.54) is 13.5 Å². The summed E-state index contributed by atoms with van der Waals surface area (Å²) in [5.74, 6) is 1.75. The van der Waals surface area contributed by atoms with Crippen LogP contribution in [0.1, 0.15) is 55.5 Å². The number of carbonyl (C=O) groups is 1. The monoisotopic (exact) mass is 267 g/mol. The molecule has 0 saturated heterocycles. The molecule has 0 spiro atoms. The molecule has 1 heterocycles. The van der Waals surface area contributed by atoms with Gasteiger partial charge in [-0.3, -0.25) is 0 Å². The van der Waals surface area contributed by atoms with E-state index in [1.807, 2.05) is 0 Å². The molecule has 0 saturated carbocycles. The van der Waals surface area contributed by atoms with Crippen molar-refractivity contribution in [2.75, 3.05) is 7.11 Å². The first-order valence-corrected chi connectivity index (χ1v) is 6.88. The number of methoxy groups -OCH3 is 1. The van der Waals surface area contributed by atoms with Crippen molar-refractivity contribution in [1.82, 2.24) is 5.32 Å². The van der Waals surface area contributed by atoms with Crippen LogP contribution in [0.15, 0.2) is 10.5 Å². The molecule has 1 aromatic rings. The summed E-state index contributed by atoms with van der Waals surface area (Å²) in [4.78, 5) is 11.5. The minimum absolute atomic E-state index is 0.347. The maximum absolute atomic E-state index is 11.5. The zero-order chi connectivity index (χ0) is 14.4. The highest BCUT2D eigenvalue weighted by atomic mass is 16.5. The molecule has 0 radical (unpaired) electrons. The Morgan fingerprint density at radius 2 is 2.16 bits per heavy atom. The third kappa shape index (κ3) is 4.71. The van der Waals surface area contributed by atoms with Crippen LogP contribution in [0.2, 0.25) is 0 Å². The molecule has 4 nitrogen and oxygen atoms in total. The van der Waals surface area contributed by atoms with Crippen LogP contribution in [-0.4, -0.2) is 19.1 Å². The highest BCUT2D eigenvalue weighted by molar-refractivity contribution is 5.90. The summed E-state index contributed by atoms with van der Waals surface area (Å²) in [6.45, 7) is 9.04. The van der Waals surface area contributed by atoms with Gasteiger partial charge >= 0.3 is 5.97 Å². The van der Waals surface area contributed by atoms with Crippen LogP contribution in [0, 0.1) is 12.8 Å². The lowest BCUT2D eigenvalue weighted by Gasteiger charge is -2.16. The smallest absolute Gasteiger partial charge is 0.341 e. The first-order chi connectivity index (χ1) is 8.97. The van der Waals surface area contributed by atoms with Crippen molar-refractivity contribution in [3.05, 3.63) is 23.2 Å². The number of aryl methyl sites for hydroxylation is 1. The Hall–Kier alpha value is -1.29. The Labute approximate surface area is 115 Å². The molecule has 108 valence electrons. The van der Waals surface area contributed by atoms with E-state index in [2.05, 4.69) is 26.1 Å². The van der Waals surface area contributed by atoms with E-state index in [4.69, 9.17) is 9.15 Å². The SMILES string of the molecule is CCC(C)CC(C)NCc1cc(C(=O)OC)c(C)o1. The highest BCUT2D eigenvalue weighted by Crippen LogP contribution is 2.16. The van der Waals surface area contributed by atoms with Crippen molar-refractivity contribution in [2.45, 2.75) is 53.1 Å². The molecule has 0 amide bonds. The van der Waals surface area contributed by atoms with Crippen LogP contribution in [0.25, 0.3) is 0 Å². The van der Waals surface area contributed by atoms with Gasteiger partial charge in [-0.05, 0) is 32.3 Å². The van der Waals surface area contributed by atoms with Gasteiger partial charge in [0.1, 0.15) is 17.1 Å². The van der Waals surface area contributed by atoms with Gasteiger partial charge in [0.25, 0.3) is 0 Å². The van der Waals surface area contributed by atoms with E-state index < -0.39 is 0 Å². The fourth-order valence-electron chi connectivity index (χ4n) is 2.07. The first kappa shape index (κ1) is 15.8. The molecule has 2 atom stereocenters. The van der Waals surface area contributed by atoms with E-state index in [0.29, 0.717) is 29.8 Å². The molecule has 0 aliphatic rings. The number of furan rings is 1. The highest BCUT2D eigenvalue weighted by Gasteiger charge is 2.15. The average Bonchev–Trinajstić information content (AvgIpc) is 2.76. The molecule has 19 heavy (non-hydrogen) atoms. The summed E-state index contributed by atoms with van der Waals surface area (Å²) in [5, 5.41) is 3.42. The topological polar surface area (TPSA) is 51.5 Å². The maximum atomic E-state index is 11.5. The van der Waals surface area contributed by atoms with Crippen LogP contribution in [0.5, 0.6) is 0 Å². The predicted octanol–water partition coefficient (Wildman–Crippen LogP) is 3.29. The van der Waals surface area contributed by atoms with Crippen molar-refractivity contribution < 1.29 is 13.9 Å². The van der Waals surface area contributed by atoms with E-state index >= 15 is 0 Å². The van der Waals surface area contributed by atoms with Crippen LogP contribution in [-0.2, 0) is 11.3 Å². The number of ether oxygens (including phenoxy) is 1. The van der Waals surface area contributed by atoms with Crippen molar-refractivity contribution in [1.29, 1.82) is 0 Å². The molecular formula is C15H25NO3. The van der Waals surface area contributed by atoms with Crippen LogP contribution >= 0.6 is 0 Å². The summed E-state index contributed by atoms with van der Waals surface area (Å²) >= 11 is 0. The number of carbonyl (C=O) groups excluding carboxylic acids is 1. The third-order valence-electron chi connectivity index (χ3n) is 3.45. The number of hydrogen-bond acceptors (Lipinski definition) is 4. The number of hydrogen-bond donors (Lipinski definition) is 1. The summed E-state index contributed by atoms with van der Waals surface area (Å²) < 4.78 is 10.3. The van der Waals surface area contributed by atoms with Crippen LogP contribution in [0.3, 0.4) is 0 Å². The number of esters is 1. The van der Waals surface area contributed by atoms with Crippen LogP contribution < -0.4 is 5.32 Å². The number of nitrogens with one attached hydrogen (secondary N) is 1. The molecule has 1 aromatic heterocycles. The quantitative estimate of drug-likeness (QED) is 0.770. The maximum Gasteiger partial charge on any atom is 0.341 e. The van der Waals surface area contributed by atoms with Gasteiger partial charge in [-0.1, -0.05) is 20.3 Å². The molecule has 0 fully saturated rings. The molecule has 0 aliphatic heterocycles. The fraction of sp³-hybridized carbons (Fsp3) is 0.667. The summed E-state index contributed by atoms with van der Waals surface area (Å²) in [5.41, 5.74) is 0.508. The van der Waals surface area contributed by atoms with Gasteiger partial charge in [-0.15, -0.1) is 0 Å². The van der Waals surface area contributed by atoms with E-state index in [0.717, 1.165) is 12.2 Å². The summed E-state index contributed by atoms with van der Waals surface area (Å²) in [6, 6.07) is 2.19. The summed E-state index contributed by atoms with van der Waals surface area (Å²) in [7, 11) is 1.38. The molecule has 0 bridgehead atoms. The molecule has 4 heteroatoms. The third-order valence-corrected chi connectivity index (χ3v) is 3.45. The van der Waals surface area contributed by atoms with Gasteiger partial charge in [0, 0.05) is 6.04 Å². The van der Waals surface area contributed by atoms with Gasteiger partial charge in [0.2, 0.25) is 0 Å². The lowest BCUT2D eigenvalue weighted by molar-refractivity contribution is 0.0599. The van der Waals surface area contributed by atoms with E-state index in [-0.39, 0.29) is 5.97 Å². The Bertz CT molecular complexity index is 412. The minimum atomic E-state index is -0.347. The first-order valence-electron chi connectivity index (χ1n) is 6.88. The average molecular weight is 267 g/mol. The number of rotatable bonds is 7. The lowest BCUT2D eigenvalue weighted by Crippen LogP contribution is -2.27. The fourth-order valence-corrected chi connectivity index (χ4v) is 2.07. The molecule has 2 unspecified atom stereocenters. The van der Waals surface area contributed by atoms with Crippen molar-refractivity contribution in [3.63, 3.8) is 0 Å². The molecule has 1 rings (SSSR count). The second-order valence-electron chi connectivity index (χ2n) is 5.21. The Balaban J connectivity index is 2.52. The largest absolute Gasteiger partial charge is 0.465 e. The zero-order valence-corrected chi connectivity index (χ0v) is 12.6. The van der Waals surface area contributed by atoms with Gasteiger partial charge in [-0.2, -0.15) is 0 Å². The van der Waals surface area contributed by atoms with Crippen LogP contribution in [0.4, 0.5) is 0 Å². The minimum Gasteiger partial charge on any atom is -0.465 e. The van der Waals surface area contributed by atoms with Gasteiger partial charge in [-0.25, -0.2) is 4.79 Å². The summed E-state index contributed by atoms with van der Waals surface area (Å²) in [6.07, 6.45) is 2.33. The Morgan fingerprint density at radius 1 is 1.47 bits per heavy atom. The second-order valence-corrected chi connectivity index (χ2v) is 5.21. The van der Waals surface area contributed by atoms with Gasteiger partial charge < -0.3 is 14.5 Å². The van der Waals surface area contributed by atoms with Crippen molar-refractivity contribution in [2.24, 2.45) is 5.92 Å². The Kier molecular flexibility index (Phi) is 6.09.